The molecule has 0 aliphatic heterocycles. The molecule has 0 spiro atoms. The van der Waals surface area contributed by atoms with Crippen LogP contribution in [-0.2, 0) is 0 Å². The maximum absolute atomic E-state index is 13.6. The van der Waals surface area contributed by atoms with Gasteiger partial charge in [0, 0.05) is 16.8 Å². The van der Waals surface area contributed by atoms with Gasteiger partial charge < -0.3 is 11.1 Å². The number of nitrogen functional groups attached to an aromatic ring is 1. The summed E-state index contributed by atoms with van der Waals surface area (Å²) in [7, 11) is 0. The van der Waals surface area contributed by atoms with E-state index in [1.54, 1.807) is 23.5 Å². The highest BCUT2D eigenvalue weighted by Gasteiger charge is 2.11. The molecular formula is C12H14FN3S. The van der Waals surface area contributed by atoms with Gasteiger partial charge in [-0.25, -0.2) is 9.37 Å². The summed E-state index contributed by atoms with van der Waals surface area (Å²) in [5, 5.41) is 4.03. The summed E-state index contributed by atoms with van der Waals surface area (Å²) in [4.78, 5) is 5.41. The Morgan fingerprint density at radius 1 is 1.47 bits per heavy atom. The molecule has 17 heavy (non-hydrogen) atoms. The van der Waals surface area contributed by atoms with Crippen LogP contribution in [0.3, 0.4) is 0 Å². The molecule has 2 rings (SSSR count). The Morgan fingerprint density at radius 2 is 2.24 bits per heavy atom. The van der Waals surface area contributed by atoms with Crippen molar-refractivity contribution in [3.8, 4) is 0 Å². The molecular weight excluding hydrogens is 237 g/mol. The maximum Gasteiger partial charge on any atom is 0.148 e. The molecule has 3 nitrogen and oxygen atoms in total. The molecule has 0 saturated heterocycles. The summed E-state index contributed by atoms with van der Waals surface area (Å²) in [5.41, 5.74) is 6.36. The zero-order chi connectivity index (χ0) is 12.4. The van der Waals surface area contributed by atoms with Gasteiger partial charge in [0.1, 0.15) is 10.8 Å². The molecule has 90 valence electrons. The van der Waals surface area contributed by atoms with Crippen molar-refractivity contribution in [1.29, 1.82) is 0 Å². The number of halogens is 1. The quantitative estimate of drug-likeness (QED) is 0.822. The van der Waals surface area contributed by atoms with Crippen LogP contribution in [0.4, 0.5) is 15.8 Å². The lowest BCUT2D eigenvalue weighted by atomic mass is 10.2. The number of rotatable bonds is 3. The van der Waals surface area contributed by atoms with Crippen LogP contribution in [0.2, 0.25) is 0 Å². The fraction of sp³-hybridized carbons (Fsp3) is 0.250. The van der Waals surface area contributed by atoms with Crippen molar-refractivity contribution < 1.29 is 4.39 Å². The van der Waals surface area contributed by atoms with Crippen LogP contribution in [-0.4, -0.2) is 4.98 Å². The van der Waals surface area contributed by atoms with Crippen LogP contribution in [0.25, 0.3) is 0 Å². The number of hydrogen-bond acceptors (Lipinski definition) is 4. The lowest BCUT2D eigenvalue weighted by molar-refractivity contribution is 0.628. The smallest absolute Gasteiger partial charge is 0.148 e. The second kappa shape index (κ2) is 4.71. The van der Waals surface area contributed by atoms with Crippen molar-refractivity contribution in [1.82, 2.24) is 4.98 Å². The van der Waals surface area contributed by atoms with Gasteiger partial charge in [-0.05, 0) is 32.0 Å². The van der Waals surface area contributed by atoms with Crippen LogP contribution in [0, 0.1) is 12.7 Å². The number of aromatic nitrogens is 1. The minimum atomic E-state index is -0.342. The molecule has 1 atom stereocenters. The van der Waals surface area contributed by atoms with Crippen LogP contribution >= 0.6 is 11.3 Å². The normalized spacial score (nSPS) is 12.4. The predicted molar refractivity (Wildman–Crippen MR) is 69.7 cm³/mol. The molecule has 1 unspecified atom stereocenters. The van der Waals surface area contributed by atoms with E-state index in [9.17, 15) is 4.39 Å². The van der Waals surface area contributed by atoms with Crippen LogP contribution in [0.5, 0.6) is 0 Å². The van der Waals surface area contributed by atoms with Gasteiger partial charge in [0.25, 0.3) is 0 Å². The number of benzene rings is 1. The third kappa shape index (κ3) is 2.74. The molecule has 1 heterocycles. The first-order chi connectivity index (χ1) is 8.06. The van der Waals surface area contributed by atoms with E-state index in [4.69, 9.17) is 5.73 Å². The van der Waals surface area contributed by atoms with E-state index in [-0.39, 0.29) is 11.9 Å². The fourth-order valence-corrected chi connectivity index (χ4v) is 2.29. The number of aryl methyl sites for hydroxylation is 1. The van der Waals surface area contributed by atoms with Gasteiger partial charge >= 0.3 is 0 Å². The Morgan fingerprint density at radius 3 is 2.82 bits per heavy atom. The van der Waals surface area contributed by atoms with Crippen molar-refractivity contribution in [2.75, 3.05) is 11.1 Å². The Labute approximate surface area is 103 Å². The topological polar surface area (TPSA) is 50.9 Å². The summed E-state index contributed by atoms with van der Waals surface area (Å²) in [6, 6.07) is 4.60. The molecule has 5 heteroatoms. The summed E-state index contributed by atoms with van der Waals surface area (Å²) >= 11 is 1.60. The summed E-state index contributed by atoms with van der Waals surface area (Å²) in [6.45, 7) is 3.95. The minimum absolute atomic E-state index is 0.0215. The van der Waals surface area contributed by atoms with E-state index >= 15 is 0 Å². The number of hydrogen-bond donors (Lipinski definition) is 2. The average Bonchev–Trinajstić information content (AvgIpc) is 2.69. The highest BCUT2D eigenvalue weighted by atomic mass is 32.1. The van der Waals surface area contributed by atoms with E-state index < -0.39 is 0 Å². The molecule has 0 amide bonds. The molecule has 0 aliphatic rings. The van der Waals surface area contributed by atoms with Gasteiger partial charge in [0.05, 0.1) is 11.7 Å². The lowest BCUT2D eigenvalue weighted by Gasteiger charge is -2.13. The SMILES string of the molecule is Cc1cnc(C(C)Nc2ccc(N)cc2F)s1. The second-order valence-electron chi connectivity index (χ2n) is 3.91. The average molecular weight is 251 g/mol. The highest BCUT2D eigenvalue weighted by molar-refractivity contribution is 7.11. The van der Waals surface area contributed by atoms with Crippen LogP contribution in [0.1, 0.15) is 22.9 Å². The van der Waals surface area contributed by atoms with Crippen molar-refractivity contribution in [2.24, 2.45) is 0 Å². The first kappa shape index (κ1) is 11.9. The minimum Gasteiger partial charge on any atom is -0.399 e. The number of anilines is 2. The third-order valence-corrected chi connectivity index (χ3v) is 3.47. The van der Waals surface area contributed by atoms with Crippen molar-refractivity contribution >= 4 is 22.7 Å². The Balaban J connectivity index is 2.15. The molecule has 2 aromatic rings. The van der Waals surface area contributed by atoms with Crippen molar-refractivity contribution in [3.05, 3.63) is 40.1 Å². The number of nitrogens with zero attached hydrogens (tertiary/aromatic N) is 1. The standard InChI is InChI=1S/C12H14FN3S/c1-7-6-15-12(17-7)8(2)16-11-4-3-9(14)5-10(11)13/h3-6,8,16H,14H2,1-2H3. The van der Waals surface area contributed by atoms with E-state index in [0.29, 0.717) is 11.4 Å². The molecule has 0 radical (unpaired) electrons. The lowest BCUT2D eigenvalue weighted by Crippen LogP contribution is -2.07. The largest absolute Gasteiger partial charge is 0.399 e. The van der Waals surface area contributed by atoms with E-state index in [0.717, 1.165) is 9.88 Å². The molecule has 0 fully saturated rings. The third-order valence-electron chi connectivity index (χ3n) is 2.37. The Bertz CT molecular complexity index is 524. The molecule has 0 aliphatic carbocycles. The van der Waals surface area contributed by atoms with E-state index in [2.05, 4.69) is 10.3 Å². The van der Waals surface area contributed by atoms with Gasteiger partial charge in [0.2, 0.25) is 0 Å². The van der Waals surface area contributed by atoms with Gasteiger partial charge in [-0.15, -0.1) is 11.3 Å². The molecule has 3 N–H and O–H groups in total. The molecule has 0 bridgehead atoms. The predicted octanol–water partition coefficient (Wildman–Crippen LogP) is 3.35. The van der Waals surface area contributed by atoms with Crippen LogP contribution < -0.4 is 11.1 Å². The summed E-state index contributed by atoms with van der Waals surface area (Å²) in [5.74, 6) is -0.342. The maximum atomic E-state index is 13.6. The molecule has 0 saturated carbocycles. The van der Waals surface area contributed by atoms with Crippen molar-refractivity contribution in [3.63, 3.8) is 0 Å². The second-order valence-corrected chi connectivity index (χ2v) is 5.18. The van der Waals surface area contributed by atoms with Crippen molar-refractivity contribution in [2.45, 2.75) is 19.9 Å². The van der Waals surface area contributed by atoms with Gasteiger partial charge in [-0.2, -0.15) is 0 Å². The fourth-order valence-electron chi connectivity index (χ4n) is 1.52. The summed E-state index contributed by atoms with van der Waals surface area (Å²) < 4.78 is 13.6. The molecule has 1 aromatic heterocycles. The van der Waals surface area contributed by atoms with E-state index in [1.807, 2.05) is 20.0 Å². The number of nitrogens with one attached hydrogen (secondary N) is 1. The number of nitrogens with two attached hydrogens (primary N) is 1. The van der Waals surface area contributed by atoms with Crippen LogP contribution in [0.15, 0.2) is 24.4 Å². The highest BCUT2D eigenvalue weighted by Crippen LogP contribution is 2.25. The molecule has 1 aromatic carbocycles. The van der Waals surface area contributed by atoms with Gasteiger partial charge in [-0.1, -0.05) is 0 Å². The first-order valence-electron chi connectivity index (χ1n) is 5.30. The van der Waals surface area contributed by atoms with E-state index in [1.165, 1.54) is 6.07 Å². The zero-order valence-electron chi connectivity index (χ0n) is 9.70. The monoisotopic (exact) mass is 251 g/mol. The zero-order valence-corrected chi connectivity index (χ0v) is 10.5. The first-order valence-corrected chi connectivity index (χ1v) is 6.12. The number of thiazole rings is 1. The van der Waals surface area contributed by atoms with Gasteiger partial charge in [0.15, 0.2) is 0 Å². The Hall–Kier alpha value is -1.62. The Kier molecular flexibility index (Phi) is 3.28. The van der Waals surface area contributed by atoms with Gasteiger partial charge in [-0.3, -0.25) is 0 Å². The summed E-state index contributed by atoms with van der Waals surface area (Å²) in [6.07, 6.45) is 1.82.